The molecule has 3 aromatic carbocycles. The van der Waals surface area contributed by atoms with Crippen LogP contribution in [-0.4, -0.2) is 66.9 Å². The highest BCUT2D eigenvalue weighted by molar-refractivity contribution is 5.80. The van der Waals surface area contributed by atoms with Crippen molar-refractivity contribution >= 4 is 11.9 Å². The van der Waals surface area contributed by atoms with Gasteiger partial charge in [0.25, 0.3) is 5.56 Å². The number of rotatable bonds is 13. The molecule has 1 aliphatic carbocycles. The van der Waals surface area contributed by atoms with Crippen molar-refractivity contribution in [3.8, 4) is 28.7 Å². The number of methoxy groups -OCH3 is 2. The zero-order chi connectivity index (χ0) is 38.1. The van der Waals surface area contributed by atoms with E-state index >= 15 is 0 Å². The molecule has 54 heavy (non-hydrogen) atoms. The number of carbonyl (C=O) groups excluding carboxylic acids is 2. The Hall–Kier alpha value is -5.83. The molecule has 0 bridgehead atoms. The van der Waals surface area contributed by atoms with Gasteiger partial charge < -0.3 is 33.5 Å². The summed E-state index contributed by atoms with van der Waals surface area (Å²) < 4.78 is 48.9. The van der Waals surface area contributed by atoms with Crippen LogP contribution in [0.2, 0.25) is 0 Å². The van der Waals surface area contributed by atoms with Crippen molar-refractivity contribution in [2.45, 2.75) is 44.3 Å². The van der Waals surface area contributed by atoms with Crippen molar-refractivity contribution in [1.29, 1.82) is 0 Å². The second-order valence-corrected chi connectivity index (χ2v) is 13.6. The van der Waals surface area contributed by atoms with Gasteiger partial charge in [-0.15, -0.1) is 0 Å². The fourth-order valence-electron chi connectivity index (χ4n) is 7.78. The van der Waals surface area contributed by atoms with Crippen molar-refractivity contribution in [2.24, 2.45) is 17.8 Å². The number of nitrogens with zero attached hydrogens (tertiary/aromatic N) is 1. The van der Waals surface area contributed by atoms with Crippen LogP contribution in [0.4, 0.5) is 4.39 Å². The summed E-state index contributed by atoms with van der Waals surface area (Å²) in [7, 11) is 2.86. The van der Waals surface area contributed by atoms with Crippen LogP contribution in [0.3, 0.4) is 0 Å². The maximum absolute atomic E-state index is 14.1. The molecule has 1 aromatic heterocycles. The third-order valence-corrected chi connectivity index (χ3v) is 10.4. The summed E-state index contributed by atoms with van der Waals surface area (Å²) in [6, 6.07) is 15.3. The first-order valence-electron chi connectivity index (χ1n) is 17.6. The molecule has 15 heteroatoms. The van der Waals surface area contributed by atoms with Crippen molar-refractivity contribution in [1.82, 2.24) is 14.9 Å². The molecular formula is C39H40FN3O11. The second-order valence-electron chi connectivity index (χ2n) is 13.6. The average Bonchev–Trinajstić information content (AvgIpc) is 3.79. The average molecular weight is 746 g/mol. The highest BCUT2D eigenvalue weighted by Gasteiger charge is 2.53. The minimum Gasteiger partial charge on any atom is -0.502 e. The quantitative estimate of drug-likeness (QED) is 0.134. The third-order valence-electron chi connectivity index (χ3n) is 10.4. The van der Waals surface area contributed by atoms with Crippen LogP contribution in [0.5, 0.6) is 28.7 Å². The lowest BCUT2D eigenvalue weighted by Crippen LogP contribution is -2.50. The first-order valence-corrected chi connectivity index (χ1v) is 17.6. The van der Waals surface area contributed by atoms with Crippen molar-refractivity contribution in [3.05, 3.63) is 110 Å². The van der Waals surface area contributed by atoms with Gasteiger partial charge in [-0.05, 0) is 65.3 Å². The third kappa shape index (κ3) is 6.98. The van der Waals surface area contributed by atoms with E-state index in [2.05, 4.69) is 5.32 Å². The number of phenolic OH excluding ortho intramolecular Hbond substituents is 1. The number of nitrogens with one attached hydrogen (secondary N) is 2. The molecule has 284 valence electrons. The molecule has 6 atom stereocenters. The zero-order valence-electron chi connectivity index (χ0n) is 29.8. The van der Waals surface area contributed by atoms with Crippen molar-refractivity contribution < 1.29 is 47.5 Å². The molecule has 1 fully saturated rings. The number of hydrogen-bond donors (Lipinski definition) is 3. The Bertz CT molecular complexity index is 2150. The molecule has 3 aliphatic rings. The lowest BCUT2D eigenvalue weighted by molar-refractivity contribution is -0.148. The minimum atomic E-state index is -1.11. The molecule has 0 amide bonds. The Morgan fingerprint density at radius 1 is 1.02 bits per heavy atom. The number of phenols is 1. The van der Waals surface area contributed by atoms with Gasteiger partial charge in [-0.1, -0.05) is 37.3 Å². The van der Waals surface area contributed by atoms with E-state index in [1.165, 1.54) is 14.2 Å². The number of aryl methyl sites for hydroxylation is 1. The Morgan fingerprint density at radius 2 is 1.70 bits per heavy atom. The SMILES string of the molecule is COc1cc([C@@H]2c3cc4c(cc3[C@@H](NC(C(=O)OCCCn3cc(F)c(=O)[nH]c3=O)C(C)Cc3ccccc3)[C@H]3COC(=O)[C@H]23)OCO4)cc(OC)c1O. The van der Waals surface area contributed by atoms with Crippen molar-refractivity contribution in [3.63, 3.8) is 0 Å². The van der Waals surface area contributed by atoms with E-state index in [-0.39, 0.29) is 56.1 Å². The highest BCUT2D eigenvalue weighted by atomic mass is 19.1. The number of halogens is 1. The molecule has 1 saturated heterocycles. The molecule has 2 aliphatic heterocycles. The molecule has 2 unspecified atom stereocenters. The van der Waals surface area contributed by atoms with Gasteiger partial charge in [0.15, 0.2) is 23.0 Å². The van der Waals surface area contributed by atoms with Gasteiger partial charge in [0.05, 0.1) is 39.5 Å². The normalized spacial score (nSPS) is 20.7. The Labute approximate surface area is 308 Å². The van der Waals surface area contributed by atoms with Gasteiger partial charge in [0, 0.05) is 24.4 Å². The van der Waals surface area contributed by atoms with E-state index in [1.807, 2.05) is 54.4 Å². The molecule has 4 aromatic rings. The van der Waals surface area contributed by atoms with Gasteiger partial charge >= 0.3 is 17.6 Å². The lowest BCUT2D eigenvalue weighted by Gasteiger charge is -2.41. The van der Waals surface area contributed by atoms with E-state index in [1.54, 1.807) is 12.1 Å². The van der Waals surface area contributed by atoms with E-state index in [0.717, 1.165) is 27.5 Å². The van der Waals surface area contributed by atoms with Gasteiger partial charge in [0.1, 0.15) is 6.04 Å². The van der Waals surface area contributed by atoms with E-state index < -0.39 is 58.8 Å². The zero-order valence-corrected chi connectivity index (χ0v) is 29.8. The van der Waals surface area contributed by atoms with Crippen LogP contribution in [0.1, 0.15) is 47.6 Å². The summed E-state index contributed by atoms with van der Waals surface area (Å²) >= 11 is 0. The second kappa shape index (κ2) is 15.3. The first-order chi connectivity index (χ1) is 26.1. The summed E-state index contributed by atoms with van der Waals surface area (Å²) in [4.78, 5) is 53.3. The maximum atomic E-state index is 14.1. The number of hydrogen-bond acceptors (Lipinski definition) is 12. The Morgan fingerprint density at radius 3 is 2.39 bits per heavy atom. The molecule has 0 spiro atoms. The summed E-state index contributed by atoms with van der Waals surface area (Å²) in [6.07, 6.45) is 1.50. The molecule has 0 saturated carbocycles. The maximum Gasteiger partial charge on any atom is 0.328 e. The molecular weight excluding hydrogens is 705 g/mol. The molecule has 3 N–H and O–H groups in total. The summed E-state index contributed by atoms with van der Waals surface area (Å²) in [6.45, 7) is 1.92. The number of benzene rings is 3. The van der Waals surface area contributed by atoms with Gasteiger partial charge in [-0.2, -0.15) is 4.39 Å². The summed E-state index contributed by atoms with van der Waals surface area (Å²) in [5, 5.41) is 14.3. The van der Waals surface area contributed by atoms with Crippen LogP contribution in [0.15, 0.2) is 70.4 Å². The predicted octanol–water partition coefficient (Wildman–Crippen LogP) is 3.57. The number of aromatic hydroxyl groups is 1. The predicted molar refractivity (Wildman–Crippen MR) is 189 cm³/mol. The number of aromatic nitrogens is 2. The van der Waals surface area contributed by atoms with Crippen LogP contribution >= 0.6 is 0 Å². The van der Waals surface area contributed by atoms with Gasteiger partial charge in [0.2, 0.25) is 18.4 Å². The minimum absolute atomic E-state index is 0.00190. The number of esters is 2. The molecule has 14 nitrogen and oxygen atoms in total. The summed E-state index contributed by atoms with van der Waals surface area (Å²) in [5.41, 5.74) is 1.26. The van der Waals surface area contributed by atoms with Crippen LogP contribution in [0.25, 0.3) is 0 Å². The van der Waals surface area contributed by atoms with Gasteiger partial charge in [-0.25, -0.2) is 4.79 Å². The Kier molecular flexibility index (Phi) is 10.3. The summed E-state index contributed by atoms with van der Waals surface area (Å²) in [5.74, 6) is -2.97. The van der Waals surface area contributed by atoms with Crippen LogP contribution in [0, 0.1) is 23.6 Å². The molecule has 0 radical (unpaired) electrons. The smallest absolute Gasteiger partial charge is 0.328 e. The number of carbonyl (C=O) groups is 2. The van der Waals surface area contributed by atoms with Crippen molar-refractivity contribution in [2.75, 3.05) is 34.2 Å². The first kappa shape index (κ1) is 36.5. The number of fused-ring (bicyclic) bond motifs is 3. The van der Waals surface area contributed by atoms with E-state index in [4.69, 9.17) is 28.4 Å². The highest BCUT2D eigenvalue weighted by Crippen LogP contribution is 2.55. The number of ether oxygens (including phenoxy) is 6. The van der Waals surface area contributed by atoms with Crippen LogP contribution in [-0.2, 0) is 32.0 Å². The van der Waals surface area contributed by atoms with Gasteiger partial charge in [-0.3, -0.25) is 29.3 Å². The fraction of sp³-hybridized carbons (Fsp3) is 0.385. The molecule has 3 heterocycles. The Balaban J connectivity index is 1.24. The number of aromatic amines is 1. The standard InChI is InChI=1S/C39H40FN3O11/c1-20(12-21-8-5-4-6-9-21)33(38(47)51-11-7-10-43-17-26(40)36(45)42-39(43)48)41-34-24-16-28-27(53-19-54-28)15-23(24)31(32-25(34)18-52-37(32)46)22-13-29(49-2)35(44)30(14-22)50-3/h4-6,8-9,13-17,20,25,31-34,41,44H,7,10-12,18-19H2,1-3H3,(H,42,45,48)/t20?,25-,31+,32-,33?,34+/m0/s1. The molecule has 7 rings (SSSR count). The fourth-order valence-corrected chi connectivity index (χ4v) is 7.78. The monoisotopic (exact) mass is 745 g/mol. The largest absolute Gasteiger partial charge is 0.502 e. The van der Waals surface area contributed by atoms with E-state index in [0.29, 0.717) is 23.5 Å². The van der Waals surface area contributed by atoms with Crippen LogP contribution < -0.4 is 35.5 Å². The number of cyclic esters (lactones) is 1. The number of H-pyrrole nitrogens is 1. The van der Waals surface area contributed by atoms with E-state index in [9.17, 15) is 28.7 Å². The lowest BCUT2D eigenvalue weighted by atomic mass is 9.65. The topological polar surface area (TPSA) is 177 Å².